The lowest BCUT2D eigenvalue weighted by molar-refractivity contribution is 0.282. The van der Waals surface area contributed by atoms with Crippen molar-refractivity contribution in [3.8, 4) is 0 Å². The molecule has 3 nitrogen and oxygen atoms in total. The molecule has 0 saturated heterocycles. The number of hydrogen-bond acceptors (Lipinski definition) is 3. The van der Waals surface area contributed by atoms with Crippen molar-refractivity contribution in [1.82, 2.24) is 4.98 Å². The fourth-order valence-electron chi connectivity index (χ4n) is 1.95. The lowest BCUT2D eigenvalue weighted by Gasteiger charge is -2.23. The number of aromatic nitrogens is 1. The first-order chi connectivity index (χ1) is 8.83. The van der Waals surface area contributed by atoms with Crippen LogP contribution in [0.1, 0.15) is 18.1 Å². The third-order valence-electron chi connectivity index (χ3n) is 2.96. The van der Waals surface area contributed by atoms with Crippen molar-refractivity contribution in [3.05, 3.63) is 59.9 Å². The predicted octanol–water partition coefficient (Wildman–Crippen LogP) is 2.60. The van der Waals surface area contributed by atoms with Crippen LogP contribution < -0.4 is 4.90 Å². The number of benzene rings is 1. The minimum Gasteiger partial charge on any atom is -0.392 e. The van der Waals surface area contributed by atoms with Gasteiger partial charge in [0.05, 0.1) is 6.61 Å². The molecular weight excluding hydrogens is 224 g/mol. The molecule has 1 heterocycles. The number of hydrogen-bond donors (Lipinski definition) is 1. The largest absolute Gasteiger partial charge is 0.392 e. The molecule has 0 aliphatic heterocycles. The predicted molar refractivity (Wildman–Crippen MR) is 73.3 cm³/mol. The molecule has 0 radical (unpaired) electrons. The number of nitrogens with zero attached hydrogens (tertiary/aromatic N) is 2. The highest BCUT2D eigenvalue weighted by molar-refractivity contribution is 5.48. The first-order valence-electron chi connectivity index (χ1n) is 6.17. The van der Waals surface area contributed by atoms with Gasteiger partial charge in [0.2, 0.25) is 0 Å². The summed E-state index contributed by atoms with van der Waals surface area (Å²) >= 11 is 0. The molecule has 0 bridgehead atoms. The van der Waals surface area contributed by atoms with E-state index in [4.69, 9.17) is 0 Å². The number of pyridine rings is 1. The summed E-state index contributed by atoms with van der Waals surface area (Å²) in [5.74, 6) is 0. The second-order valence-electron chi connectivity index (χ2n) is 4.20. The van der Waals surface area contributed by atoms with Crippen LogP contribution in [0.15, 0.2) is 48.8 Å². The molecule has 1 aromatic carbocycles. The molecule has 94 valence electrons. The van der Waals surface area contributed by atoms with Crippen LogP contribution in [-0.4, -0.2) is 16.6 Å². The SMILES string of the molecule is CCN(Cc1ccncc1)c1cccc(CO)c1. The van der Waals surface area contributed by atoms with Crippen molar-refractivity contribution in [2.45, 2.75) is 20.1 Å². The summed E-state index contributed by atoms with van der Waals surface area (Å²) in [5.41, 5.74) is 3.32. The Balaban J connectivity index is 2.17. The van der Waals surface area contributed by atoms with Gasteiger partial charge in [-0.15, -0.1) is 0 Å². The van der Waals surface area contributed by atoms with Crippen LogP contribution in [0.25, 0.3) is 0 Å². The highest BCUT2D eigenvalue weighted by atomic mass is 16.3. The minimum atomic E-state index is 0.0840. The minimum absolute atomic E-state index is 0.0840. The van der Waals surface area contributed by atoms with E-state index in [0.29, 0.717) is 0 Å². The Morgan fingerprint density at radius 2 is 1.89 bits per heavy atom. The molecule has 2 aromatic rings. The number of aliphatic hydroxyl groups excluding tert-OH is 1. The summed E-state index contributed by atoms with van der Waals surface area (Å²) in [4.78, 5) is 6.30. The van der Waals surface area contributed by atoms with Crippen molar-refractivity contribution in [1.29, 1.82) is 0 Å². The summed E-state index contributed by atoms with van der Waals surface area (Å²) in [5, 5.41) is 9.18. The molecule has 0 aliphatic carbocycles. The highest BCUT2D eigenvalue weighted by Gasteiger charge is 2.05. The van der Waals surface area contributed by atoms with E-state index in [-0.39, 0.29) is 6.61 Å². The van der Waals surface area contributed by atoms with Crippen LogP contribution in [0, 0.1) is 0 Å². The fourth-order valence-corrected chi connectivity index (χ4v) is 1.95. The second-order valence-corrected chi connectivity index (χ2v) is 4.20. The van der Waals surface area contributed by atoms with E-state index in [2.05, 4.69) is 22.9 Å². The highest BCUT2D eigenvalue weighted by Crippen LogP contribution is 2.18. The zero-order chi connectivity index (χ0) is 12.8. The molecule has 1 N–H and O–H groups in total. The molecular formula is C15H18N2O. The van der Waals surface area contributed by atoms with Crippen LogP contribution >= 0.6 is 0 Å². The van der Waals surface area contributed by atoms with Crippen molar-refractivity contribution in [2.75, 3.05) is 11.4 Å². The number of aliphatic hydroxyl groups is 1. The molecule has 0 spiro atoms. The normalized spacial score (nSPS) is 10.3. The Bertz CT molecular complexity index is 485. The number of anilines is 1. The van der Waals surface area contributed by atoms with Gasteiger partial charge in [-0.3, -0.25) is 4.98 Å². The third kappa shape index (κ3) is 3.08. The van der Waals surface area contributed by atoms with Crippen molar-refractivity contribution in [2.24, 2.45) is 0 Å². The van der Waals surface area contributed by atoms with Crippen LogP contribution in [0.4, 0.5) is 5.69 Å². The second kappa shape index (κ2) is 6.17. The van der Waals surface area contributed by atoms with Gasteiger partial charge in [-0.25, -0.2) is 0 Å². The number of rotatable bonds is 5. The zero-order valence-corrected chi connectivity index (χ0v) is 10.6. The van der Waals surface area contributed by atoms with Crippen LogP contribution in [0.2, 0.25) is 0 Å². The molecule has 0 unspecified atom stereocenters. The quantitative estimate of drug-likeness (QED) is 0.875. The summed E-state index contributed by atoms with van der Waals surface area (Å²) in [6.45, 7) is 4.00. The average molecular weight is 242 g/mol. The Morgan fingerprint density at radius 3 is 2.56 bits per heavy atom. The van der Waals surface area contributed by atoms with E-state index in [1.165, 1.54) is 5.56 Å². The topological polar surface area (TPSA) is 36.4 Å². The van der Waals surface area contributed by atoms with Crippen LogP contribution in [-0.2, 0) is 13.2 Å². The Kier molecular flexibility index (Phi) is 4.31. The molecule has 0 atom stereocenters. The van der Waals surface area contributed by atoms with Gasteiger partial charge in [0, 0.05) is 31.2 Å². The first kappa shape index (κ1) is 12.6. The molecule has 18 heavy (non-hydrogen) atoms. The maximum Gasteiger partial charge on any atom is 0.0682 e. The molecule has 2 rings (SSSR count). The average Bonchev–Trinajstić information content (AvgIpc) is 2.46. The van der Waals surface area contributed by atoms with Gasteiger partial charge in [-0.05, 0) is 42.3 Å². The molecule has 0 saturated carbocycles. The molecule has 0 amide bonds. The van der Waals surface area contributed by atoms with Gasteiger partial charge >= 0.3 is 0 Å². The van der Waals surface area contributed by atoms with E-state index in [0.717, 1.165) is 24.3 Å². The fraction of sp³-hybridized carbons (Fsp3) is 0.267. The van der Waals surface area contributed by atoms with E-state index in [9.17, 15) is 5.11 Å². The third-order valence-corrected chi connectivity index (χ3v) is 2.96. The molecule has 0 aliphatic rings. The maximum atomic E-state index is 9.18. The summed E-state index contributed by atoms with van der Waals surface area (Å²) in [7, 11) is 0. The smallest absolute Gasteiger partial charge is 0.0682 e. The van der Waals surface area contributed by atoms with Gasteiger partial charge in [0.1, 0.15) is 0 Å². The van der Waals surface area contributed by atoms with Crippen molar-refractivity contribution < 1.29 is 5.11 Å². The van der Waals surface area contributed by atoms with Gasteiger partial charge in [-0.1, -0.05) is 12.1 Å². The van der Waals surface area contributed by atoms with Gasteiger partial charge < -0.3 is 10.0 Å². The monoisotopic (exact) mass is 242 g/mol. The first-order valence-corrected chi connectivity index (χ1v) is 6.17. The van der Waals surface area contributed by atoms with Gasteiger partial charge in [0.25, 0.3) is 0 Å². The standard InChI is InChI=1S/C15H18N2O/c1-2-17(11-13-6-8-16-9-7-13)15-5-3-4-14(10-15)12-18/h3-10,18H,2,11-12H2,1H3. The summed E-state index contributed by atoms with van der Waals surface area (Å²) < 4.78 is 0. The summed E-state index contributed by atoms with van der Waals surface area (Å²) in [6.07, 6.45) is 3.63. The van der Waals surface area contributed by atoms with Crippen LogP contribution in [0.5, 0.6) is 0 Å². The summed E-state index contributed by atoms with van der Waals surface area (Å²) in [6, 6.07) is 12.1. The Hall–Kier alpha value is -1.87. The van der Waals surface area contributed by atoms with Crippen LogP contribution in [0.3, 0.4) is 0 Å². The van der Waals surface area contributed by atoms with E-state index in [1.807, 2.05) is 42.7 Å². The van der Waals surface area contributed by atoms with Gasteiger partial charge in [-0.2, -0.15) is 0 Å². The van der Waals surface area contributed by atoms with Gasteiger partial charge in [0.15, 0.2) is 0 Å². The Labute approximate surface area is 108 Å². The van der Waals surface area contributed by atoms with E-state index >= 15 is 0 Å². The van der Waals surface area contributed by atoms with Crippen molar-refractivity contribution >= 4 is 5.69 Å². The van der Waals surface area contributed by atoms with E-state index < -0.39 is 0 Å². The molecule has 3 heteroatoms. The van der Waals surface area contributed by atoms with E-state index in [1.54, 1.807) is 0 Å². The van der Waals surface area contributed by atoms with Crippen molar-refractivity contribution in [3.63, 3.8) is 0 Å². The lowest BCUT2D eigenvalue weighted by Crippen LogP contribution is -2.22. The lowest BCUT2D eigenvalue weighted by atomic mass is 10.1. The molecule has 0 fully saturated rings. The zero-order valence-electron chi connectivity index (χ0n) is 10.6. The Morgan fingerprint density at radius 1 is 1.11 bits per heavy atom. The maximum absolute atomic E-state index is 9.18. The molecule has 1 aromatic heterocycles.